The molecule has 7 nitrogen and oxygen atoms in total. The number of carbonyl (C=O) groups is 2. The number of pyridine rings is 1. The van der Waals surface area contributed by atoms with Gasteiger partial charge in [0, 0.05) is 18.0 Å². The summed E-state index contributed by atoms with van der Waals surface area (Å²) in [5.41, 5.74) is 0.825. The molecule has 0 spiro atoms. The standard InChI is InChI=1S/C21H16N2O5/c24-15-4-1-3-14(11-15)18-17(19(25)13-6-8-22-9-7-13)20(26)21(27)23(18)12-16-5-2-10-28-16/h1-11,18,24-25H,12H2. The zero-order chi connectivity index (χ0) is 19.7. The summed E-state index contributed by atoms with van der Waals surface area (Å²) >= 11 is 0. The molecule has 1 amide bonds. The van der Waals surface area contributed by atoms with E-state index in [0.717, 1.165) is 0 Å². The van der Waals surface area contributed by atoms with E-state index in [1.54, 1.807) is 36.4 Å². The Morgan fingerprint density at radius 3 is 2.57 bits per heavy atom. The van der Waals surface area contributed by atoms with Gasteiger partial charge in [-0.15, -0.1) is 0 Å². The van der Waals surface area contributed by atoms with E-state index in [4.69, 9.17) is 4.42 Å². The van der Waals surface area contributed by atoms with Crippen LogP contribution in [0.15, 0.2) is 77.2 Å². The number of rotatable bonds is 4. The first-order valence-electron chi connectivity index (χ1n) is 8.56. The molecule has 1 fully saturated rings. The number of aliphatic hydroxyl groups excluding tert-OH is 1. The number of aromatic nitrogens is 1. The maximum Gasteiger partial charge on any atom is 0.296 e. The SMILES string of the molecule is O=C1C(=O)N(Cc2ccco2)C(c2cccc(O)c2)C1=C(O)c1ccncc1. The first-order chi connectivity index (χ1) is 13.6. The highest BCUT2D eigenvalue weighted by Crippen LogP contribution is 2.40. The van der Waals surface area contributed by atoms with Crippen molar-refractivity contribution in [3.63, 3.8) is 0 Å². The fraction of sp³-hybridized carbons (Fsp3) is 0.0952. The van der Waals surface area contributed by atoms with Crippen molar-refractivity contribution < 1.29 is 24.2 Å². The van der Waals surface area contributed by atoms with Crippen molar-refractivity contribution in [2.45, 2.75) is 12.6 Å². The van der Waals surface area contributed by atoms with Gasteiger partial charge in [-0.3, -0.25) is 14.6 Å². The van der Waals surface area contributed by atoms with Gasteiger partial charge in [0.1, 0.15) is 17.3 Å². The number of hydrogen-bond acceptors (Lipinski definition) is 6. The number of hydrogen-bond donors (Lipinski definition) is 2. The third kappa shape index (κ3) is 3.03. The van der Waals surface area contributed by atoms with Gasteiger partial charge in [0.05, 0.1) is 24.4 Å². The Morgan fingerprint density at radius 1 is 1.11 bits per heavy atom. The van der Waals surface area contributed by atoms with Gasteiger partial charge in [-0.1, -0.05) is 12.1 Å². The second-order valence-corrected chi connectivity index (χ2v) is 6.34. The molecule has 28 heavy (non-hydrogen) atoms. The minimum atomic E-state index is -0.870. The number of benzene rings is 1. The van der Waals surface area contributed by atoms with Crippen molar-refractivity contribution in [1.29, 1.82) is 0 Å². The summed E-state index contributed by atoms with van der Waals surface area (Å²) in [5, 5.41) is 20.7. The summed E-state index contributed by atoms with van der Waals surface area (Å²) in [7, 11) is 0. The third-order valence-corrected chi connectivity index (χ3v) is 4.59. The lowest BCUT2D eigenvalue weighted by Gasteiger charge is -2.24. The van der Waals surface area contributed by atoms with Gasteiger partial charge in [0.15, 0.2) is 0 Å². The Kier molecular flexibility index (Phi) is 4.41. The highest BCUT2D eigenvalue weighted by atomic mass is 16.3. The number of aliphatic hydroxyl groups is 1. The summed E-state index contributed by atoms with van der Waals surface area (Å²) < 4.78 is 5.33. The summed E-state index contributed by atoms with van der Waals surface area (Å²) in [4.78, 5) is 30.8. The van der Waals surface area contributed by atoms with Crippen LogP contribution in [0.25, 0.3) is 5.76 Å². The minimum Gasteiger partial charge on any atom is -0.508 e. The summed E-state index contributed by atoms with van der Waals surface area (Å²) in [5.74, 6) is -1.36. The normalized spacial score (nSPS) is 18.6. The Bertz CT molecular complexity index is 1060. The Labute approximate surface area is 160 Å². The smallest absolute Gasteiger partial charge is 0.296 e. The van der Waals surface area contributed by atoms with Crippen molar-refractivity contribution in [3.05, 3.63) is 89.6 Å². The molecule has 4 rings (SSSR count). The summed E-state index contributed by atoms with van der Waals surface area (Å²) in [6.45, 7) is 0.0466. The number of amides is 1. The lowest BCUT2D eigenvalue weighted by atomic mass is 9.95. The maximum absolute atomic E-state index is 12.8. The van der Waals surface area contributed by atoms with Gasteiger partial charge in [-0.25, -0.2) is 0 Å². The average Bonchev–Trinajstić information content (AvgIpc) is 3.30. The second-order valence-electron chi connectivity index (χ2n) is 6.34. The molecule has 3 aromatic rings. The highest BCUT2D eigenvalue weighted by Gasteiger charge is 2.46. The highest BCUT2D eigenvalue weighted by molar-refractivity contribution is 6.46. The Balaban J connectivity index is 1.88. The zero-order valence-electron chi connectivity index (χ0n) is 14.6. The van der Waals surface area contributed by atoms with Crippen molar-refractivity contribution >= 4 is 17.4 Å². The summed E-state index contributed by atoms with van der Waals surface area (Å²) in [6.07, 6.45) is 4.45. The number of Topliss-reactive ketones (excluding diaryl/α,β-unsaturated/α-hetero) is 1. The number of nitrogens with zero attached hydrogens (tertiary/aromatic N) is 2. The third-order valence-electron chi connectivity index (χ3n) is 4.59. The van der Waals surface area contributed by atoms with E-state index in [2.05, 4.69) is 4.98 Å². The van der Waals surface area contributed by atoms with E-state index < -0.39 is 17.7 Å². The van der Waals surface area contributed by atoms with Gasteiger partial charge in [-0.2, -0.15) is 0 Å². The zero-order valence-corrected chi connectivity index (χ0v) is 14.6. The first-order valence-corrected chi connectivity index (χ1v) is 8.56. The van der Waals surface area contributed by atoms with E-state index in [0.29, 0.717) is 16.9 Å². The minimum absolute atomic E-state index is 0.00926. The molecule has 2 N–H and O–H groups in total. The van der Waals surface area contributed by atoms with Crippen molar-refractivity contribution in [2.24, 2.45) is 0 Å². The molecule has 0 saturated carbocycles. The average molecular weight is 376 g/mol. The quantitative estimate of drug-likeness (QED) is 0.412. The number of phenolic OH excluding ortho intramolecular Hbond substituents is 1. The molecular formula is C21H16N2O5. The predicted octanol–water partition coefficient (Wildman–Crippen LogP) is 3.00. The number of carbonyl (C=O) groups excluding carboxylic acids is 2. The van der Waals surface area contributed by atoms with Crippen LogP contribution in [0.1, 0.15) is 22.9 Å². The van der Waals surface area contributed by atoms with Gasteiger partial charge >= 0.3 is 0 Å². The fourth-order valence-corrected chi connectivity index (χ4v) is 3.32. The Hall–Kier alpha value is -3.87. The van der Waals surface area contributed by atoms with Crippen molar-refractivity contribution in [3.8, 4) is 5.75 Å². The van der Waals surface area contributed by atoms with Crippen LogP contribution in [-0.2, 0) is 16.1 Å². The lowest BCUT2D eigenvalue weighted by molar-refractivity contribution is -0.140. The molecule has 1 aliphatic heterocycles. The largest absolute Gasteiger partial charge is 0.508 e. The van der Waals surface area contributed by atoms with Gasteiger partial charge in [0.2, 0.25) is 0 Å². The van der Waals surface area contributed by atoms with Gasteiger partial charge in [-0.05, 0) is 42.0 Å². The number of furan rings is 1. The molecule has 140 valence electrons. The summed E-state index contributed by atoms with van der Waals surface area (Å²) in [6, 6.07) is 11.9. The van der Waals surface area contributed by atoms with Crippen LogP contribution in [0.2, 0.25) is 0 Å². The van der Waals surface area contributed by atoms with Crippen LogP contribution in [0, 0.1) is 0 Å². The van der Waals surface area contributed by atoms with Crippen LogP contribution >= 0.6 is 0 Å². The lowest BCUT2D eigenvalue weighted by Crippen LogP contribution is -2.29. The van der Waals surface area contributed by atoms with Crippen LogP contribution in [0.4, 0.5) is 0 Å². The van der Waals surface area contributed by atoms with Crippen molar-refractivity contribution in [2.75, 3.05) is 0 Å². The molecule has 1 aliphatic rings. The van der Waals surface area contributed by atoms with E-state index in [-0.39, 0.29) is 23.6 Å². The van der Waals surface area contributed by atoms with Crippen LogP contribution in [0.3, 0.4) is 0 Å². The van der Waals surface area contributed by atoms with Crippen LogP contribution in [-0.4, -0.2) is 31.8 Å². The molecular weight excluding hydrogens is 360 g/mol. The predicted molar refractivity (Wildman–Crippen MR) is 98.9 cm³/mol. The number of aromatic hydroxyl groups is 1. The Morgan fingerprint density at radius 2 is 1.89 bits per heavy atom. The molecule has 0 bridgehead atoms. The molecule has 1 aromatic carbocycles. The van der Waals surface area contributed by atoms with Crippen LogP contribution < -0.4 is 0 Å². The topological polar surface area (TPSA) is 104 Å². The molecule has 3 heterocycles. The van der Waals surface area contributed by atoms with E-state index >= 15 is 0 Å². The molecule has 0 radical (unpaired) electrons. The number of likely N-dealkylation sites (tertiary alicyclic amines) is 1. The monoisotopic (exact) mass is 376 g/mol. The number of ketones is 1. The molecule has 1 unspecified atom stereocenters. The van der Waals surface area contributed by atoms with Crippen LogP contribution in [0.5, 0.6) is 5.75 Å². The van der Waals surface area contributed by atoms with E-state index in [1.165, 1.54) is 35.7 Å². The van der Waals surface area contributed by atoms with Gasteiger partial charge in [0.25, 0.3) is 11.7 Å². The second kappa shape index (κ2) is 7.03. The molecule has 1 atom stereocenters. The molecule has 7 heteroatoms. The molecule has 0 aliphatic carbocycles. The van der Waals surface area contributed by atoms with E-state index in [9.17, 15) is 19.8 Å². The van der Waals surface area contributed by atoms with Gasteiger partial charge < -0.3 is 19.5 Å². The van der Waals surface area contributed by atoms with Crippen molar-refractivity contribution in [1.82, 2.24) is 9.88 Å². The maximum atomic E-state index is 12.8. The molecule has 1 saturated heterocycles. The number of phenols is 1. The fourth-order valence-electron chi connectivity index (χ4n) is 3.32. The van der Waals surface area contributed by atoms with E-state index in [1.807, 2.05) is 0 Å². The molecule has 2 aromatic heterocycles. The first kappa shape index (κ1) is 17.5.